The van der Waals surface area contributed by atoms with Crippen LogP contribution in [0, 0.1) is 17.8 Å². The summed E-state index contributed by atoms with van der Waals surface area (Å²) in [6.07, 6.45) is 3.26. The Morgan fingerprint density at radius 2 is 1.62 bits per heavy atom. The van der Waals surface area contributed by atoms with Crippen molar-refractivity contribution in [2.24, 2.45) is 23.5 Å². The Morgan fingerprint density at radius 3 is 2.31 bits per heavy atom. The van der Waals surface area contributed by atoms with Crippen LogP contribution in [0.15, 0.2) is 54.6 Å². The van der Waals surface area contributed by atoms with Crippen LogP contribution in [0.1, 0.15) is 30.4 Å². The molecule has 29 heavy (non-hydrogen) atoms. The third-order valence-corrected chi connectivity index (χ3v) is 7.64. The largest absolute Gasteiger partial charge is 0.327 e. The molecule has 3 N–H and O–H groups in total. The van der Waals surface area contributed by atoms with Gasteiger partial charge in [-0.3, -0.25) is 4.79 Å². The average Bonchev–Trinajstić information content (AvgIpc) is 3.23. The van der Waals surface area contributed by atoms with E-state index in [-0.39, 0.29) is 41.8 Å². The summed E-state index contributed by atoms with van der Waals surface area (Å²) in [6.45, 7) is 0. The van der Waals surface area contributed by atoms with Gasteiger partial charge in [0.15, 0.2) is 9.84 Å². The third-order valence-electron chi connectivity index (χ3n) is 6.09. The van der Waals surface area contributed by atoms with Gasteiger partial charge in [0, 0.05) is 11.7 Å². The molecule has 2 aliphatic carbocycles. The summed E-state index contributed by atoms with van der Waals surface area (Å²) < 4.78 is 25.1. The number of nitrogens with one attached hydrogen (secondary N) is 1. The molecule has 156 valence electrons. The second-order valence-electron chi connectivity index (χ2n) is 8.14. The molecule has 2 aromatic carbocycles. The van der Waals surface area contributed by atoms with Gasteiger partial charge in [0.25, 0.3) is 0 Å². The Hall–Kier alpha value is -1.89. The summed E-state index contributed by atoms with van der Waals surface area (Å²) in [4.78, 5) is 12.7. The van der Waals surface area contributed by atoms with Gasteiger partial charge in [0.1, 0.15) is 0 Å². The van der Waals surface area contributed by atoms with Gasteiger partial charge in [-0.2, -0.15) is 0 Å². The van der Waals surface area contributed by atoms with Crippen molar-refractivity contribution in [3.63, 3.8) is 0 Å². The Labute approximate surface area is 178 Å². The zero-order valence-corrected chi connectivity index (χ0v) is 17.8. The molecular weight excluding hydrogens is 408 g/mol. The van der Waals surface area contributed by atoms with Gasteiger partial charge >= 0.3 is 0 Å². The predicted octanol–water partition coefficient (Wildman–Crippen LogP) is 3.54. The monoisotopic (exact) mass is 434 g/mol. The summed E-state index contributed by atoms with van der Waals surface area (Å²) in [7, 11) is -3.30. The molecule has 7 heteroatoms. The second kappa shape index (κ2) is 8.86. The van der Waals surface area contributed by atoms with Gasteiger partial charge in [-0.25, -0.2) is 8.42 Å². The number of carbonyl (C=O) groups excluding carboxylic acids is 1. The lowest BCUT2D eigenvalue weighted by atomic mass is 9.84. The number of amides is 1. The molecule has 1 amide bonds. The number of hydrogen-bond donors (Lipinski definition) is 2. The van der Waals surface area contributed by atoms with Crippen LogP contribution < -0.4 is 11.1 Å². The van der Waals surface area contributed by atoms with E-state index in [2.05, 4.69) is 5.32 Å². The number of carbonyl (C=O) groups is 1. The fraction of sp³-hybridized carbons (Fsp3) is 0.409. The van der Waals surface area contributed by atoms with Crippen LogP contribution in [0.2, 0.25) is 0 Å². The van der Waals surface area contributed by atoms with E-state index < -0.39 is 9.84 Å². The fourth-order valence-electron chi connectivity index (χ4n) is 4.82. The highest BCUT2D eigenvalue weighted by Gasteiger charge is 2.49. The second-order valence-corrected chi connectivity index (χ2v) is 10.2. The smallest absolute Gasteiger partial charge is 0.229 e. The molecule has 2 aliphatic rings. The Bertz CT molecular complexity index is 963. The lowest BCUT2D eigenvalue weighted by molar-refractivity contribution is -0.121. The minimum atomic E-state index is -3.30. The van der Waals surface area contributed by atoms with Crippen LogP contribution in [0.4, 0.5) is 5.69 Å². The molecule has 4 unspecified atom stereocenters. The Balaban J connectivity index is 0.00000240. The highest BCUT2D eigenvalue weighted by atomic mass is 35.5. The van der Waals surface area contributed by atoms with Gasteiger partial charge in [-0.1, -0.05) is 42.5 Å². The van der Waals surface area contributed by atoms with Crippen LogP contribution >= 0.6 is 12.4 Å². The van der Waals surface area contributed by atoms with Gasteiger partial charge < -0.3 is 11.1 Å². The van der Waals surface area contributed by atoms with Crippen molar-refractivity contribution >= 4 is 33.8 Å². The van der Waals surface area contributed by atoms with Crippen molar-refractivity contribution in [3.05, 3.63) is 65.7 Å². The molecule has 0 spiro atoms. The van der Waals surface area contributed by atoms with Gasteiger partial charge in [-0.05, 0) is 54.4 Å². The van der Waals surface area contributed by atoms with Crippen molar-refractivity contribution in [1.29, 1.82) is 0 Å². The molecular formula is C22H27ClN2O3S. The number of sulfone groups is 1. The molecule has 2 aromatic rings. The summed E-state index contributed by atoms with van der Waals surface area (Å²) in [6, 6.07) is 16.2. The van der Waals surface area contributed by atoms with Crippen LogP contribution in [0.25, 0.3) is 0 Å². The Kier molecular flexibility index (Phi) is 6.66. The number of benzene rings is 2. The highest BCUT2D eigenvalue weighted by Crippen LogP contribution is 2.47. The average molecular weight is 435 g/mol. The molecule has 0 heterocycles. The molecule has 2 saturated carbocycles. The number of anilines is 1. The maximum atomic E-state index is 12.7. The summed E-state index contributed by atoms with van der Waals surface area (Å²) >= 11 is 0. The SMILES string of the molecule is Cl.NC1C2CCC(C2)C1C(=O)Nc1cccc(CS(=O)(=O)Cc2ccccc2)c1. The van der Waals surface area contributed by atoms with E-state index in [0.717, 1.165) is 24.8 Å². The van der Waals surface area contributed by atoms with Crippen LogP contribution in [0.5, 0.6) is 0 Å². The lowest BCUT2D eigenvalue weighted by Crippen LogP contribution is -2.42. The first kappa shape index (κ1) is 21.8. The molecule has 4 rings (SSSR count). The topological polar surface area (TPSA) is 89.3 Å². The molecule has 0 aromatic heterocycles. The van der Waals surface area contributed by atoms with Crippen molar-refractivity contribution in [2.45, 2.75) is 36.8 Å². The van der Waals surface area contributed by atoms with Crippen molar-refractivity contribution in [1.82, 2.24) is 0 Å². The molecule has 0 saturated heterocycles. The molecule has 0 aliphatic heterocycles. The van der Waals surface area contributed by atoms with Gasteiger partial charge in [0.05, 0.1) is 17.4 Å². The quantitative estimate of drug-likeness (QED) is 0.727. The number of rotatable bonds is 6. The van der Waals surface area contributed by atoms with E-state index in [9.17, 15) is 13.2 Å². The maximum Gasteiger partial charge on any atom is 0.229 e. The van der Waals surface area contributed by atoms with E-state index in [1.165, 1.54) is 0 Å². The van der Waals surface area contributed by atoms with E-state index in [1.807, 2.05) is 30.3 Å². The minimum Gasteiger partial charge on any atom is -0.327 e. The zero-order valence-electron chi connectivity index (χ0n) is 16.2. The highest BCUT2D eigenvalue weighted by molar-refractivity contribution is 7.89. The molecule has 4 atom stereocenters. The molecule has 2 fully saturated rings. The first-order valence-electron chi connectivity index (χ1n) is 9.81. The van der Waals surface area contributed by atoms with Gasteiger partial charge in [0.2, 0.25) is 5.91 Å². The van der Waals surface area contributed by atoms with Crippen molar-refractivity contribution in [2.75, 3.05) is 5.32 Å². The number of hydrogen-bond acceptors (Lipinski definition) is 4. The van der Waals surface area contributed by atoms with Crippen LogP contribution in [-0.4, -0.2) is 20.4 Å². The summed E-state index contributed by atoms with van der Waals surface area (Å²) in [5, 5.41) is 2.96. The first-order valence-corrected chi connectivity index (χ1v) is 11.6. The molecule has 5 nitrogen and oxygen atoms in total. The van der Waals surface area contributed by atoms with E-state index in [0.29, 0.717) is 23.1 Å². The van der Waals surface area contributed by atoms with E-state index >= 15 is 0 Å². The number of fused-ring (bicyclic) bond motifs is 2. The lowest BCUT2D eigenvalue weighted by Gasteiger charge is -2.27. The number of nitrogens with two attached hydrogens (primary N) is 1. The third kappa shape index (κ3) is 5.00. The van der Waals surface area contributed by atoms with Gasteiger partial charge in [-0.15, -0.1) is 12.4 Å². The van der Waals surface area contributed by atoms with Crippen molar-refractivity contribution < 1.29 is 13.2 Å². The minimum absolute atomic E-state index is 0. The normalized spacial score (nSPS) is 25.4. The van der Waals surface area contributed by atoms with E-state index in [4.69, 9.17) is 5.73 Å². The Morgan fingerprint density at radius 1 is 0.966 bits per heavy atom. The predicted molar refractivity (Wildman–Crippen MR) is 117 cm³/mol. The van der Waals surface area contributed by atoms with Crippen LogP contribution in [0.3, 0.4) is 0 Å². The van der Waals surface area contributed by atoms with Crippen LogP contribution in [-0.2, 0) is 26.1 Å². The maximum absolute atomic E-state index is 12.7. The zero-order chi connectivity index (χ0) is 19.7. The molecule has 2 bridgehead atoms. The van der Waals surface area contributed by atoms with E-state index in [1.54, 1.807) is 24.3 Å². The first-order chi connectivity index (χ1) is 13.4. The summed E-state index contributed by atoms with van der Waals surface area (Å²) in [5.74, 6) is 0.627. The fourth-order valence-corrected chi connectivity index (χ4v) is 6.31. The standard InChI is InChI=1S/C22H26N2O3S.ClH/c23-21-18-10-9-17(12-18)20(21)22(25)24-19-8-4-7-16(11-19)14-28(26,27)13-15-5-2-1-3-6-15;/h1-8,11,17-18,20-21H,9-10,12-14,23H2,(H,24,25);1H. The summed E-state index contributed by atoms with van der Waals surface area (Å²) in [5.41, 5.74) is 8.34. The number of halogens is 1. The molecule has 0 radical (unpaired) electrons. The van der Waals surface area contributed by atoms with Crippen molar-refractivity contribution in [3.8, 4) is 0 Å².